The summed E-state index contributed by atoms with van der Waals surface area (Å²) in [5.74, 6) is 1.42. The molecular formula is C23H24N2O3. The average molecular weight is 376 g/mol. The fourth-order valence-corrected chi connectivity index (χ4v) is 2.92. The summed E-state index contributed by atoms with van der Waals surface area (Å²) in [4.78, 5) is 12.3. The summed E-state index contributed by atoms with van der Waals surface area (Å²) in [5, 5.41) is 6.24. The number of aryl methyl sites for hydroxylation is 1. The van der Waals surface area contributed by atoms with Gasteiger partial charge in [0.15, 0.2) is 0 Å². The van der Waals surface area contributed by atoms with Gasteiger partial charge in [-0.3, -0.25) is 4.79 Å². The highest BCUT2D eigenvalue weighted by atomic mass is 16.5. The third kappa shape index (κ3) is 5.04. The van der Waals surface area contributed by atoms with E-state index in [1.54, 1.807) is 14.2 Å². The molecule has 5 nitrogen and oxygen atoms in total. The zero-order chi connectivity index (χ0) is 19.9. The van der Waals surface area contributed by atoms with Gasteiger partial charge in [0.05, 0.1) is 26.3 Å². The number of hydrogen-bond donors (Lipinski definition) is 2. The first kappa shape index (κ1) is 19.3. The highest BCUT2D eigenvalue weighted by Crippen LogP contribution is 2.31. The molecule has 0 saturated heterocycles. The Morgan fingerprint density at radius 1 is 0.893 bits per heavy atom. The van der Waals surface area contributed by atoms with Crippen LogP contribution < -0.4 is 20.1 Å². The van der Waals surface area contributed by atoms with Crippen LogP contribution in [0.15, 0.2) is 66.7 Å². The molecule has 0 atom stereocenters. The summed E-state index contributed by atoms with van der Waals surface area (Å²) in [5.41, 5.74) is 4.58. The van der Waals surface area contributed by atoms with Crippen LogP contribution in [0.25, 0.3) is 0 Å². The van der Waals surface area contributed by atoms with E-state index in [-0.39, 0.29) is 5.91 Å². The Morgan fingerprint density at radius 2 is 1.64 bits per heavy atom. The lowest BCUT2D eigenvalue weighted by Gasteiger charge is -2.13. The van der Waals surface area contributed by atoms with Gasteiger partial charge < -0.3 is 20.1 Å². The Bertz CT molecular complexity index is 952. The second-order valence-corrected chi connectivity index (χ2v) is 6.48. The highest BCUT2D eigenvalue weighted by molar-refractivity contribution is 5.92. The molecule has 0 spiro atoms. The molecule has 3 rings (SSSR count). The summed E-state index contributed by atoms with van der Waals surface area (Å²) in [6.45, 7) is 2.02. The van der Waals surface area contributed by atoms with E-state index in [4.69, 9.17) is 9.47 Å². The number of nitrogens with one attached hydrogen (secondary N) is 2. The molecule has 0 fully saturated rings. The van der Waals surface area contributed by atoms with Crippen LogP contribution in [0.3, 0.4) is 0 Å². The fourth-order valence-electron chi connectivity index (χ4n) is 2.92. The Labute approximate surface area is 165 Å². The number of benzene rings is 3. The molecule has 0 aliphatic heterocycles. The maximum Gasteiger partial charge on any atom is 0.228 e. The number of methoxy groups -OCH3 is 2. The number of hydrogen-bond acceptors (Lipinski definition) is 4. The van der Waals surface area contributed by atoms with E-state index in [1.165, 1.54) is 0 Å². The van der Waals surface area contributed by atoms with Crippen molar-refractivity contribution in [2.75, 3.05) is 24.9 Å². The van der Waals surface area contributed by atoms with E-state index in [1.807, 2.05) is 73.7 Å². The van der Waals surface area contributed by atoms with Gasteiger partial charge in [0.25, 0.3) is 0 Å². The predicted octanol–water partition coefficient (Wildman–Crippen LogP) is 4.94. The topological polar surface area (TPSA) is 59.6 Å². The molecule has 0 unspecified atom stereocenters. The van der Waals surface area contributed by atoms with Gasteiger partial charge in [0.1, 0.15) is 11.5 Å². The van der Waals surface area contributed by atoms with Crippen molar-refractivity contribution >= 4 is 23.0 Å². The van der Waals surface area contributed by atoms with E-state index in [2.05, 4.69) is 10.6 Å². The minimum atomic E-state index is -0.0409. The van der Waals surface area contributed by atoms with Crippen LogP contribution in [-0.4, -0.2) is 20.1 Å². The maximum atomic E-state index is 12.3. The number of anilines is 3. The summed E-state index contributed by atoms with van der Waals surface area (Å²) >= 11 is 0. The van der Waals surface area contributed by atoms with E-state index >= 15 is 0 Å². The van der Waals surface area contributed by atoms with Crippen molar-refractivity contribution < 1.29 is 14.3 Å². The van der Waals surface area contributed by atoms with Gasteiger partial charge in [-0.05, 0) is 48.9 Å². The Balaban J connectivity index is 1.64. The lowest BCUT2D eigenvalue weighted by atomic mass is 10.1. The lowest BCUT2D eigenvalue weighted by molar-refractivity contribution is -0.115. The van der Waals surface area contributed by atoms with E-state index < -0.39 is 0 Å². The van der Waals surface area contributed by atoms with Crippen LogP contribution in [0.4, 0.5) is 17.1 Å². The number of carbonyl (C=O) groups is 1. The Hall–Kier alpha value is -3.47. The van der Waals surface area contributed by atoms with Gasteiger partial charge in [0, 0.05) is 17.4 Å². The molecule has 0 saturated carbocycles. The van der Waals surface area contributed by atoms with E-state index in [9.17, 15) is 4.79 Å². The van der Waals surface area contributed by atoms with Crippen LogP contribution in [0.1, 0.15) is 11.1 Å². The molecule has 0 aliphatic rings. The van der Waals surface area contributed by atoms with Crippen molar-refractivity contribution in [2.45, 2.75) is 13.3 Å². The van der Waals surface area contributed by atoms with Gasteiger partial charge in [-0.15, -0.1) is 0 Å². The van der Waals surface area contributed by atoms with Crippen LogP contribution in [0.2, 0.25) is 0 Å². The minimum absolute atomic E-state index is 0.0409. The van der Waals surface area contributed by atoms with Crippen LogP contribution in [-0.2, 0) is 11.2 Å². The molecule has 3 aromatic rings. The zero-order valence-electron chi connectivity index (χ0n) is 16.3. The van der Waals surface area contributed by atoms with Gasteiger partial charge >= 0.3 is 0 Å². The highest BCUT2D eigenvalue weighted by Gasteiger charge is 2.07. The molecule has 144 valence electrons. The summed E-state index contributed by atoms with van der Waals surface area (Å²) < 4.78 is 10.7. The van der Waals surface area contributed by atoms with Gasteiger partial charge in [0.2, 0.25) is 5.91 Å². The number of ether oxygens (including phenoxy) is 2. The quantitative estimate of drug-likeness (QED) is 0.613. The van der Waals surface area contributed by atoms with Crippen LogP contribution in [0.5, 0.6) is 11.5 Å². The van der Waals surface area contributed by atoms with Crippen molar-refractivity contribution in [3.05, 3.63) is 77.9 Å². The van der Waals surface area contributed by atoms with Crippen molar-refractivity contribution in [3.8, 4) is 11.5 Å². The maximum absolute atomic E-state index is 12.3. The van der Waals surface area contributed by atoms with Crippen molar-refractivity contribution in [1.29, 1.82) is 0 Å². The second-order valence-electron chi connectivity index (χ2n) is 6.48. The molecule has 0 heterocycles. The Morgan fingerprint density at radius 3 is 2.32 bits per heavy atom. The molecular weight excluding hydrogens is 352 g/mol. The summed E-state index contributed by atoms with van der Waals surface area (Å²) in [6.07, 6.45) is 0.350. The van der Waals surface area contributed by atoms with E-state index in [0.29, 0.717) is 6.42 Å². The lowest BCUT2D eigenvalue weighted by Crippen LogP contribution is -2.14. The number of amides is 1. The van der Waals surface area contributed by atoms with Crippen molar-refractivity contribution in [1.82, 2.24) is 0 Å². The van der Waals surface area contributed by atoms with Crippen molar-refractivity contribution in [2.24, 2.45) is 0 Å². The molecule has 5 heteroatoms. The molecule has 3 aromatic carbocycles. The molecule has 0 aliphatic carbocycles. The normalized spacial score (nSPS) is 10.2. The molecule has 0 radical (unpaired) electrons. The molecule has 0 aromatic heterocycles. The molecule has 28 heavy (non-hydrogen) atoms. The van der Waals surface area contributed by atoms with Crippen LogP contribution in [0, 0.1) is 6.92 Å². The first-order valence-corrected chi connectivity index (χ1v) is 9.02. The summed E-state index contributed by atoms with van der Waals surface area (Å²) in [6, 6.07) is 21.1. The monoisotopic (exact) mass is 376 g/mol. The number of rotatable bonds is 7. The smallest absolute Gasteiger partial charge is 0.228 e. The average Bonchev–Trinajstić information content (AvgIpc) is 2.69. The third-order valence-electron chi connectivity index (χ3n) is 4.30. The largest absolute Gasteiger partial charge is 0.497 e. The summed E-state index contributed by atoms with van der Waals surface area (Å²) in [7, 11) is 3.25. The second kappa shape index (κ2) is 8.95. The zero-order valence-corrected chi connectivity index (χ0v) is 16.3. The fraction of sp³-hybridized carbons (Fsp3) is 0.174. The standard InChI is InChI=1S/C23H24N2O3/c1-16-5-4-6-17(13-16)14-23(26)25-19-9-7-18(8-10-19)24-21-15-20(27-2)11-12-22(21)28-3/h4-13,15,24H,14H2,1-3H3,(H,25,26). The van der Waals surface area contributed by atoms with Crippen molar-refractivity contribution in [3.63, 3.8) is 0 Å². The number of carbonyl (C=O) groups excluding carboxylic acids is 1. The minimum Gasteiger partial charge on any atom is -0.497 e. The Kier molecular flexibility index (Phi) is 6.17. The van der Waals surface area contributed by atoms with Crippen LogP contribution >= 0.6 is 0 Å². The first-order valence-electron chi connectivity index (χ1n) is 9.02. The molecule has 1 amide bonds. The first-order chi connectivity index (χ1) is 13.6. The SMILES string of the molecule is COc1ccc(OC)c(Nc2ccc(NC(=O)Cc3cccc(C)c3)cc2)c1. The van der Waals surface area contributed by atoms with E-state index in [0.717, 1.165) is 39.7 Å². The predicted molar refractivity (Wildman–Crippen MR) is 113 cm³/mol. The molecule has 2 N–H and O–H groups in total. The van der Waals surface area contributed by atoms with Gasteiger partial charge in [-0.2, -0.15) is 0 Å². The van der Waals surface area contributed by atoms with Gasteiger partial charge in [-0.1, -0.05) is 29.8 Å². The van der Waals surface area contributed by atoms with Gasteiger partial charge in [-0.25, -0.2) is 0 Å². The third-order valence-corrected chi connectivity index (χ3v) is 4.30. The molecule has 0 bridgehead atoms.